The largest absolute Gasteiger partial charge is 0.466 e. The quantitative estimate of drug-likeness (QED) is 0.0321. The Morgan fingerprint density at radius 1 is 0.403 bits per heavy atom. The summed E-state index contributed by atoms with van der Waals surface area (Å²) in [6.45, 7) is 4.90. The number of rotatable bonds is 56. The van der Waals surface area contributed by atoms with Crippen molar-refractivity contribution in [3.63, 3.8) is 0 Å². The zero-order chi connectivity index (χ0) is 48.6. The molecule has 0 bridgehead atoms. The molecule has 0 rings (SSSR count). The number of allylic oxidation sites excluding steroid dienone is 3. The molecule has 1 amide bonds. The van der Waals surface area contributed by atoms with E-state index in [1.165, 1.54) is 257 Å². The predicted octanol–water partition coefficient (Wildman–Crippen LogP) is 18.6. The van der Waals surface area contributed by atoms with E-state index < -0.39 is 12.1 Å². The highest BCUT2D eigenvalue weighted by Crippen LogP contribution is 2.17. The lowest BCUT2D eigenvalue weighted by atomic mass is 10.0. The molecule has 0 aromatic carbocycles. The van der Waals surface area contributed by atoms with Gasteiger partial charge in [0.2, 0.25) is 5.91 Å². The van der Waals surface area contributed by atoms with Crippen LogP contribution in [0.3, 0.4) is 0 Å². The van der Waals surface area contributed by atoms with E-state index in [2.05, 4.69) is 31.3 Å². The van der Waals surface area contributed by atoms with Gasteiger partial charge in [-0.05, 0) is 57.8 Å². The molecule has 0 aliphatic carbocycles. The Kier molecular flexibility index (Phi) is 55.5. The first-order valence-electron chi connectivity index (χ1n) is 30.1. The predicted molar refractivity (Wildman–Crippen MR) is 292 cm³/mol. The minimum atomic E-state index is -0.844. The minimum absolute atomic E-state index is 0.00359. The molecule has 2 unspecified atom stereocenters. The topological polar surface area (TPSA) is 95.9 Å². The first-order valence-corrected chi connectivity index (χ1v) is 30.1. The summed E-state index contributed by atoms with van der Waals surface area (Å²) >= 11 is 0. The van der Waals surface area contributed by atoms with Crippen LogP contribution in [0.2, 0.25) is 0 Å². The number of ether oxygens (including phenoxy) is 1. The molecule has 6 heteroatoms. The monoisotopic (exact) mass is 944 g/mol. The molecule has 67 heavy (non-hydrogen) atoms. The number of unbranched alkanes of at least 4 members (excludes halogenated alkanes) is 43. The Balaban J connectivity index is 3.40. The number of amides is 1. The van der Waals surface area contributed by atoms with Gasteiger partial charge in [-0.25, -0.2) is 0 Å². The normalized spacial score (nSPS) is 12.7. The second kappa shape index (κ2) is 56.9. The van der Waals surface area contributed by atoms with Crippen LogP contribution >= 0.6 is 0 Å². The van der Waals surface area contributed by atoms with E-state index in [9.17, 15) is 19.8 Å². The van der Waals surface area contributed by atoms with Crippen molar-refractivity contribution in [3.05, 3.63) is 24.3 Å². The fourth-order valence-corrected chi connectivity index (χ4v) is 9.34. The van der Waals surface area contributed by atoms with E-state index >= 15 is 0 Å². The number of nitrogens with one attached hydrogen (secondary N) is 1. The number of carbonyl (C=O) groups is 2. The Labute approximate surface area is 418 Å². The second-order valence-electron chi connectivity index (χ2n) is 20.7. The summed E-state index contributed by atoms with van der Waals surface area (Å²) in [6.07, 6.45) is 69.2. The zero-order valence-corrected chi connectivity index (χ0v) is 45.1. The van der Waals surface area contributed by atoms with Crippen LogP contribution in [0.25, 0.3) is 0 Å². The van der Waals surface area contributed by atoms with Crippen molar-refractivity contribution >= 4 is 11.9 Å². The molecule has 0 fully saturated rings. The van der Waals surface area contributed by atoms with Gasteiger partial charge in [0.1, 0.15) is 0 Å². The molecule has 0 aromatic rings. The van der Waals surface area contributed by atoms with E-state index in [1.54, 1.807) is 6.08 Å². The average Bonchev–Trinajstić information content (AvgIpc) is 3.33. The number of aliphatic hydroxyl groups excluding tert-OH is 2. The van der Waals surface area contributed by atoms with E-state index in [0.29, 0.717) is 19.4 Å². The molecule has 6 nitrogen and oxygen atoms in total. The lowest BCUT2D eigenvalue weighted by molar-refractivity contribution is -0.143. The van der Waals surface area contributed by atoms with Crippen LogP contribution in [0.5, 0.6) is 0 Å². The lowest BCUT2D eigenvalue weighted by Gasteiger charge is -2.20. The van der Waals surface area contributed by atoms with Crippen molar-refractivity contribution < 1.29 is 24.5 Å². The van der Waals surface area contributed by atoms with Gasteiger partial charge >= 0.3 is 5.97 Å². The van der Waals surface area contributed by atoms with Crippen molar-refractivity contribution in [1.82, 2.24) is 5.32 Å². The van der Waals surface area contributed by atoms with Crippen LogP contribution < -0.4 is 5.32 Å². The maximum Gasteiger partial charge on any atom is 0.305 e. The van der Waals surface area contributed by atoms with Gasteiger partial charge in [0.15, 0.2) is 0 Å². The Morgan fingerprint density at radius 3 is 1.07 bits per heavy atom. The van der Waals surface area contributed by atoms with Crippen LogP contribution in [-0.4, -0.2) is 47.4 Å². The first-order chi connectivity index (χ1) is 33.0. The van der Waals surface area contributed by atoms with E-state index in [-0.39, 0.29) is 18.5 Å². The number of aliphatic hydroxyl groups is 2. The average molecular weight is 945 g/mol. The van der Waals surface area contributed by atoms with Crippen LogP contribution in [0.15, 0.2) is 24.3 Å². The summed E-state index contributed by atoms with van der Waals surface area (Å²) in [6, 6.07) is -0.627. The van der Waals surface area contributed by atoms with Crippen LogP contribution in [0, 0.1) is 0 Å². The van der Waals surface area contributed by atoms with Crippen molar-refractivity contribution in [1.29, 1.82) is 0 Å². The maximum absolute atomic E-state index is 12.5. The molecule has 0 aliphatic rings. The van der Waals surface area contributed by atoms with Crippen molar-refractivity contribution in [2.24, 2.45) is 0 Å². The SMILES string of the molecule is CCCCCC/C=C\CCCCCCCC(=O)OCCCCCCCCCCCCCCCCCCCCCCCCC(=O)NC(CO)C(O)/C=C/CCCCCCCCCCCCCCC. The van der Waals surface area contributed by atoms with E-state index in [1.807, 2.05) is 6.08 Å². The molecule has 3 N–H and O–H groups in total. The molecule has 0 radical (unpaired) electrons. The third-order valence-electron chi connectivity index (χ3n) is 14.0. The standard InChI is InChI=1S/C61H117NO5/c1-3-5-7-9-11-13-15-17-26-30-33-37-41-45-49-53-59(64)58(57-63)62-60(65)54-50-46-42-38-34-31-27-24-22-20-18-19-21-23-25-28-32-36-40-44-48-52-56-67-61(66)55-51-47-43-39-35-29-16-14-12-10-8-6-4-2/h14,16,49,53,58-59,63-64H,3-13,15,17-48,50-52,54-57H2,1-2H3,(H,62,65)/b16-14-,53-49+. The molecular formula is C61H117NO5. The molecule has 0 heterocycles. The minimum Gasteiger partial charge on any atom is -0.466 e. The highest BCUT2D eigenvalue weighted by atomic mass is 16.5. The van der Waals surface area contributed by atoms with Gasteiger partial charge in [-0.2, -0.15) is 0 Å². The number of carbonyl (C=O) groups excluding carboxylic acids is 2. The van der Waals surface area contributed by atoms with E-state index in [4.69, 9.17) is 4.74 Å². The fraction of sp³-hybridized carbons (Fsp3) is 0.902. The second-order valence-corrected chi connectivity index (χ2v) is 20.7. The first kappa shape index (κ1) is 65.3. The van der Waals surface area contributed by atoms with E-state index in [0.717, 1.165) is 44.9 Å². The van der Waals surface area contributed by atoms with Gasteiger partial charge in [-0.3, -0.25) is 9.59 Å². The van der Waals surface area contributed by atoms with Gasteiger partial charge in [0, 0.05) is 12.8 Å². The van der Waals surface area contributed by atoms with Gasteiger partial charge in [0.25, 0.3) is 0 Å². The summed E-state index contributed by atoms with van der Waals surface area (Å²) in [5.41, 5.74) is 0. The maximum atomic E-state index is 12.5. The number of esters is 1. The summed E-state index contributed by atoms with van der Waals surface area (Å²) in [4.78, 5) is 24.5. The third-order valence-corrected chi connectivity index (χ3v) is 14.0. The Bertz CT molecular complexity index is 1040. The number of hydrogen-bond acceptors (Lipinski definition) is 5. The highest BCUT2D eigenvalue weighted by Gasteiger charge is 2.18. The molecule has 0 saturated carbocycles. The van der Waals surface area contributed by atoms with Gasteiger partial charge < -0.3 is 20.3 Å². The molecule has 0 aromatic heterocycles. The molecular weight excluding hydrogens is 827 g/mol. The number of hydrogen-bond donors (Lipinski definition) is 3. The van der Waals surface area contributed by atoms with Crippen molar-refractivity contribution in [3.8, 4) is 0 Å². The van der Waals surface area contributed by atoms with Crippen LogP contribution in [0.1, 0.15) is 328 Å². The fourth-order valence-electron chi connectivity index (χ4n) is 9.34. The lowest BCUT2D eigenvalue weighted by Crippen LogP contribution is -2.45. The summed E-state index contributed by atoms with van der Waals surface area (Å²) in [5, 5.41) is 23.1. The summed E-state index contributed by atoms with van der Waals surface area (Å²) in [5.74, 6) is -0.0632. The molecule has 2 atom stereocenters. The molecule has 0 spiro atoms. The summed E-state index contributed by atoms with van der Waals surface area (Å²) in [7, 11) is 0. The van der Waals surface area contributed by atoms with Crippen LogP contribution in [-0.2, 0) is 14.3 Å². The van der Waals surface area contributed by atoms with Crippen molar-refractivity contribution in [2.45, 2.75) is 341 Å². The highest BCUT2D eigenvalue weighted by molar-refractivity contribution is 5.76. The smallest absolute Gasteiger partial charge is 0.305 e. The molecule has 0 saturated heterocycles. The van der Waals surface area contributed by atoms with Gasteiger partial charge in [0.05, 0.1) is 25.4 Å². The Hall–Kier alpha value is -1.66. The Morgan fingerprint density at radius 2 is 0.701 bits per heavy atom. The van der Waals surface area contributed by atoms with Crippen LogP contribution in [0.4, 0.5) is 0 Å². The third kappa shape index (κ3) is 53.5. The van der Waals surface area contributed by atoms with Gasteiger partial charge in [-0.15, -0.1) is 0 Å². The van der Waals surface area contributed by atoms with Gasteiger partial charge in [-0.1, -0.05) is 282 Å². The molecule has 396 valence electrons. The molecule has 0 aliphatic heterocycles. The van der Waals surface area contributed by atoms with Crippen molar-refractivity contribution in [2.75, 3.05) is 13.2 Å². The zero-order valence-electron chi connectivity index (χ0n) is 45.1. The summed E-state index contributed by atoms with van der Waals surface area (Å²) < 4.78 is 5.47.